The molecule has 0 unspecified atom stereocenters. The molecule has 1 aromatic rings. The minimum Gasteiger partial charge on any atom is -0.477 e. The highest BCUT2D eigenvalue weighted by Gasteiger charge is 2.23. The summed E-state index contributed by atoms with van der Waals surface area (Å²) in [6.45, 7) is 0. The van der Waals surface area contributed by atoms with Gasteiger partial charge in [0, 0.05) is 6.20 Å². The van der Waals surface area contributed by atoms with Crippen LogP contribution in [0.1, 0.15) is 22.3 Å². The lowest BCUT2D eigenvalue weighted by Gasteiger charge is -2.02. The van der Waals surface area contributed by atoms with Crippen molar-refractivity contribution in [2.75, 3.05) is 0 Å². The highest BCUT2D eigenvalue weighted by molar-refractivity contribution is 5.87. The number of hydrogen-bond acceptors (Lipinski definition) is 2. The molecule has 76 valence electrons. The molecule has 7 heteroatoms. The third kappa shape index (κ3) is 1.61. The van der Waals surface area contributed by atoms with Gasteiger partial charge in [-0.3, -0.25) is 4.79 Å². The van der Waals surface area contributed by atoms with Crippen LogP contribution in [-0.4, -0.2) is 16.1 Å². The number of H-pyrrole nitrogens is 1. The standard InChI is InChI=1S/C7H4F3NO3/c8-4-2(5(9)10)1-11-6(12)3(4)7(13)14/h1,5H,(H,11,12)(H,13,14). The molecule has 0 aromatic carbocycles. The molecular weight excluding hydrogens is 203 g/mol. The predicted molar refractivity (Wildman–Crippen MR) is 38.9 cm³/mol. The third-order valence-corrected chi connectivity index (χ3v) is 1.51. The van der Waals surface area contributed by atoms with Crippen LogP contribution in [0.2, 0.25) is 0 Å². The molecule has 1 heterocycles. The first-order valence-corrected chi connectivity index (χ1v) is 3.37. The molecule has 0 aliphatic rings. The van der Waals surface area contributed by atoms with Crippen LogP contribution < -0.4 is 5.56 Å². The topological polar surface area (TPSA) is 70.2 Å². The number of pyridine rings is 1. The molecule has 0 fully saturated rings. The molecule has 0 bridgehead atoms. The van der Waals surface area contributed by atoms with E-state index in [1.807, 2.05) is 0 Å². The Bertz CT molecular complexity index is 427. The van der Waals surface area contributed by atoms with E-state index in [2.05, 4.69) is 0 Å². The van der Waals surface area contributed by atoms with Gasteiger partial charge in [0.1, 0.15) is 0 Å². The van der Waals surface area contributed by atoms with Crippen molar-refractivity contribution in [1.29, 1.82) is 0 Å². The van der Waals surface area contributed by atoms with Crippen molar-refractivity contribution in [3.8, 4) is 0 Å². The van der Waals surface area contributed by atoms with Crippen LogP contribution in [0.3, 0.4) is 0 Å². The molecule has 0 amide bonds. The van der Waals surface area contributed by atoms with Crippen molar-refractivity contribution >= 4 is 5.97 Å². The summed E-state index contributed by atoms with van der Waals surface area (Å²) in [6, 6.07) is 0. The summed E-state index contributed by atoms with van der Waals surface area (Å²) in [5.74, 6) is -3.58. The van der Waals surface area contributed by atoms with Crippen LogP contribution in [-0.2, 0) is 0 Å². The van der Waals surface area contributed by atoms with Gasteiger partial charge in [-0.05, 0) is 0 Å². The first-order chi connectivity index (χ1) is 6.45. The Hall–Kier alpha value is -1.79. The van der Waals surface area contributed by atoms with E-state index in [1.54, 1.807) is 4.98 Å². The molecule has 4 nitrogen and oxygen atoms in total. The molecule has 0 saturated carbocycles. The van der Waals surface area contributed by atoms with Crippen LogP contribution in [0.5, 0.6) is 0 Å². The lowest BCUT2D eigenvalue weighted by atomic mass is 10.2. The molecule has 1 aromatic heterocycles. The number of alkyl halides is 2. The third-order valence-electron chi connectivity index (χ3n) is 1.51. The van der Waals surface area contributed by atoms with Crippen LogP contribution in [0, 0.1) is 5.82 Å². The van der Waals surface area contributed by atoms with Gasteiger partial charge in [0.25, 0.3) is 12.0 Å². The summed E-state index contributed by atoms with van der Waals surface area (Å²) in [4.78, 5) is 22.8. The summed E-state index contributed by atoms with van der Waals surface area (Å²) in [5, 5.41) is 8.35. The minimum atomic E-state index is -3.18. The van der Waals surface area contributed by atoms with Gasteiger partial charge in [-0.2, -0.15) is 0 Å². The van der Waals surface area contributed by atoms with Gasteiger partial charge >= 0.3 is 5.97 Å². The van der Waals surface area contributed by atoms with E-state index in [0.29, 0.717) is 6.20 Å². The molecule has 2 N–H and O–H groups in total. The second-order valence-electron chi connectivity index (χ2n) is 2.37. The highest BCUT2D eigenvalue weighted by Crippen LogP contribution is 2.21. The second-order valence-corrected chi connectivity index (χ2v) is 2.37. The lowest BCUT2D eigenvalue weighted by molar-refractivity contribution is 0.0688. The number of carbonyl (C=O) groups is 1. The molecule has 0 spiro atoms. The molecule has 1 rings (SSSR count). The fraction of sp³-hybridized carbons (Fsp3) is 0.143. The molecule has 14 heavy (non-hydrogen) atoms. The normalized spacial score (nSPS) is 10.6. The van der Waals surface area contributed by atoms with E-state index in [4.69, 9.17) is 5.11 Å². The molecule has 0 radical (unpaired) electrons. The zero-order valence-corrected chi connectivity index (χ0v) is 6.55. The van der Waals surface area contributed by atoms with Gasteiger partial charge in [-0.25, -0.2) is 18.0 Å². The Morgan fingerprint density at radius 2 is 2.07 bits per heavy atom. The number of hydrogen-bond donors (Lipinski definition) is 2. The zero-order valence-electron chi connectivity index (χ0n) is 6.55. The Morgan fingerprint density at radius 1 is 1.50 bits per heavy atom. The number of rotatable bonds is 2. The molecule has 0 atom stereocenters. The number of halogens is 3. The average Bonchev–Trinajstić information content (AvgIpc) is 2.02. The lowest BCUT2D eigenvalue weighted by Crippen LogP contribution is -2.21. The molecular formula is C7H4F3NO3. The summed E-state index contributed by atoms with van der Waals surface area (Å²) < 4.78 is 37.1. The Morgan fingerprint density at radius 3 is 2.50 bits per heavy atom. The number of carboxylic acids is 1. The number of nitrogens with one attached hydrogen (secondary N) is 1. The van der Waals surface area contributed by atoms with Gasteiger partial charge in [-0.1, -0.05) is 0 Å². The summed E-state index contributed by atoms with van der Waals surface area (Å²) in [6.07, 6.45) is -2.72. The van der Waals surface area contributed by atoms with Gasteiger partial charge in [0.15, 0.2) is 11.4 Å². The molecule has 0 saturated heterocycles. The van der Waals surface area contributed by atoms with Crippen molar-refractivity contribution < 1.29 is 23.1 Å². The Kier molecular flexibility index (Phi) is 2.59. The SMILES string of the molecule is O=C(O)c1c(F)c(C(F)F)c[nH]c1=O. The Labute approximate surface area is 75.0 Å². The number of aromatic carboxylic acids is 1. The number of aromatic nitrogens is 1. The van der Waals surface area contributed by atoms with Crippen LogP contribution >= 0.6 is 0 Å². The van der Waals surface area contributed by atoms with E-state index in [0.717, 1.165) is 0 Å². The fourth-order valence-electron chi connectivity index (χ4n) is 0.873. The Balaban J connectivity index is 3.49. The van der Waals surface area contributed by atoms with E-state index in [-0.39, 0.29) is 0 Å². The van der Waals surface area contributed by atoms with Gasteiger partial charge < -0.3 is 10.1 Å². The zero-order chi connectivity index (χ0) is 10.9. The first kappa shape index (κ1) is 10.3. The van der Waals surface area contributed by atoms with Crippen molar-refractivity contribution in [3.05, 3.63) is 33.5 Å². The summed E-state index contributed by atoms with van der Waals surface area (Å²) in [7, 11) is 0. The van der Waals surface area contributed by atoms with Crippen LogP contribution in [0.25, 0.3) is 0 Å². The monoisotopic (exact) mass is 207 g/mol. The second kappa shape index (κ2) is 3.52. The van der Waals surface area contributed by atoms with Crippen LogP contribution in [0.15, 0.2) is 11.0 Å². The van der Waals surface area contributed by atoms with E-state index >= 15 is 0 Å². The van der Waals surface area contributed by atoms with E-state index in [1.165, 1.54) is 0 Å². The maximum Gasteiger partial charge on any atom is 0.344 e. The maximum atomic E-state index is 13.0. The van der Waals surface area contributed by atoms with Crippen molar-refractivity contribution in [2.45, 2.75) is 6.43 Å². The molecule has 0 aliphatic carbocycles. The van der Waals surface area contributed by atoms with Crippen molar-refractivity contribution in [1.82, 2.24) is 4.98 Å². The van der Waals surface area contributed by atoms with Gasteiger partial charge in [0.2, 0.25) is 0 Å². The largest absolute Gasteiger partial charge is 0.477 e. The van der Waals surface area contributed by atoms with E-state index < -0.39 is 34.9 Å². The quantitative estimate of drug-likeness (QED) is 0.764. The number of carboxylic acid groups (broad SMARTS) is 1. The summed E-state index contributed by atoms with van der Waals surface area (Å²) in [5.41, 5.74) is -3.69. The number of aromatic amines is 1. The van der Waals surface area contributed by atoms with Crippen molar-refractivity contribution in [3.63, 3.8) is 0 Å². The van der Waals surface area contributed by atoms with Gasteiger partial charge in [0.05, 0.1) is 5.56 Å². The van der Waals surface area contributed by atoms with Crippen molar-refractivity contribution in [2.24, 2.45) is 0 Å². The molecule has 0 aliphatic heterocycles. The average molecular weight is 207 g/mol. The van der Waals surface area contributed by atoms with Gasteiger partial charge in [-0.15, -0.1) is 0 Å². The van der Waals surface area contributed by atoms with Crippen LogP contribution in [0.4, 0.5) is 13.2 Å². The maximum absolute atomic E-state index is 13.0. The smallest absolute Gasteiger partial charge is 0.344 e. The fourth-order valence-corrected chi connectivity index (χ4v) is 0.873. The highest BCUT2D eigenvalue weighted by atomic mass is 19.3. The van der Waals surface area contributed by atoms with E-state index in [9.17, 15) is 22.8 Å². The summed E-state index contributed by atoms with van der Waals surface area (Å²) >= 11 is 0. The minimum absolute atomic E-state index is 0.453. The first-order valence-electron chi connectivity index (χ1n) is 3.37. The predicted octanol–water partition coefficient (Wildman–Crippen LogP) is 1.15.